The second kappa shape index (κ2) is 10.0. The second-order valence-electron chi connectivity index (χ2n) is 5.61. The van der Waals surface area contributed by atoms with Gasteiger partial charge in [-0.1, -0.05) is 25.5 Å². The fourth-order valence-corrected chi connectivity index (χ4v) is 2.25. The van der Waals surface area contributed by atoms with Crippen LogP contribution in [0.2, 0.25) is 0 Å². The van der Waals surface area contributed by atoms with E-state index < -0.39 is 5.97 Å². The summed E-state index contributed by atoms with van der Waals surface area (Å²) in [7, 11) is 1.33. The van der Waals surface area contributed by atoms with Crippen LogP contribution in [0.15, 0.2) is 60.8 Å². The molecule has 0 bridgehead atoms. The number of ether oxygens (including phenoxy) is 2. The van der Waals surface area contributed by atoms with Crippen LogP contribution in [-0.2, 0) is 4.74 Å². The minimum Gasteiger partial charge on any atom is -0.494 e. The van der Waals surface area contributed by atoms with Crippen molar-refractivity contribution < 1.29 is 19.1 Å². The zero-order chi connectivity index (χ0) is 18.8. The van der Waals surface area contributed by atoms with Gasteiger partial charge in [-0.2, -0.15) is 0 Å². The molecule has 0 fully saturated rings. The highest BCUT2D eigenvalue weighted by Crippen LogP contribution is 2.16. The quantitative estimate of drug-likeness (QED) is 0.312. The molecular formula is C21H23NO4. The van der Waals surface area contributed by atoms with Gasteiger partial charge in [0, 0.05) is 17.8 Å². The van der Waals surface area contributed by atoms with Crippen molar-refractivity contribution in [1.29, 1.82) is 0 Å². The molecule has 0 saturated heterocycles. The van der Waals surface area contributed by atoms with Gasteiger partial charge in [-0.3, -0.25) is 4.79 Å². The molecule has 0 aliphatic carbocycles. The van der Waals surface area contributed by atoms with E-state index in [-0.39, 0.29) is 5.78 Å². The Labute approximate surface area is 153 Å². The number of methoxy groups -OCH3 is 1. The van der Waals surface area contributed by atoms with Crippen LogP contribution in [0.5, 0.6) is 5.75 Å². The van der Waals surface area contributed by atoms with Gasteiger partial charge in [-0.15, -0.1) is 0 Å². The number of rotatable bonds is 9. The molecule has 2 rings (SSSR count). The number of esters is 1. The van der Waals surface area contributed by atoms with Gasteiger partial charge in [0.05, 0.1) is 25.0 Å². The van der Waals surface area contributed by atoms with Crippen LogP contribution in [0.3, 0.4) is 0 Å². The molecule has 0 unspecified atom stereocenters. The molecule has 5 heteroatoms. The third-order valence-electron chi connectivity index (χ3n) is 3.71. The predicted octanol–water partition coefficient (Wildman–Crippen LogP) is 4.46. The van der Waals surface area contributed by atoms with E-state index in [2.05, 4.69) is 12.2 Å². The van der Waals surface area contributed by atoms with E-state index in [1.807, 2.05) is 0 Å². The van der Waals surface area contributed by atoms with Crippen LogP contribution in [-0.4, -0.2) is 25.5 Å². The molecular weight excluding hydrogens is 330 g/mol. The smallest absolute Gasteiger partial charge is 0.339 e. The first kappa shape index (κ1) is 19.2. The fraction of sp³-hybridized carbons (Fsp3) is 0.238. The van der Waals surface area contributed by atoms with Gasteiger partial charge in [0.1, 0.15) is 5.75 Å². The van der Waals surface area contributed by atoms with Crippen molar-refractivity contribution >= 4 is 17.4 Å². The summed E-state index contributed by atoms with van der Waals surface area (Å²) in [5.41, 5.74) is 1.54. The van der Waals surface area contributed by atoms with Crippen LogP contribution in [0.4, 0.5) is 5.69 Å². The maximum Gasteiger partial charge on any atom is 0.339 e. The van der Waals surface area contributed by atoms with Crippen LogP contribution in [0, 0.1) is 0 Å². The molecule has 5 nitrogen and oxygen atoms in total. The van der Waals surface area contributed by atoms with Crippen molar-refractivity contribution in [1.82, 2.24) is 0 Å². The van der Waals surface area contributed by atoms with Gasteiger partial charge in [0.15, 0.2) is 5.78 Å². The van der Waals surface area contributed by atoms with Crippen molar-refractivity contribution in [3.05, 3.63) is 71.9 Å². The number of nitrogens with one attached hydrogen (secondary N) is 1. The lowest BCUT2D eigenvalue weighted by Gasteiger charge is -2.07. The van der Waals surface area contributed by atoms with Crippen LogP contribution in [0.1, 0.15) is 40.5 Å². The van der Waals surface area contributed by atoms with Gasteiger partial charge >= 0.3 is 5.97 Å². The standard InChI is InChI=1S/C21H23NO4/c1-3-4-15-26-17-11-9-16(10-12-17)20(23)13-14-22-19-8-6-5-7-18(19)21(24)25-2/h5-14,22H,3-4,15H2,1-2H3. The molecule has 0 saturated carbocycles. The van der Waals surface area contributed by atoms with Gasteiger partial charge in [-0.05, 0) is 42.8 Å². The molecule has 26 heavy (non-hydrogen) atoms. The molecule has 0 spiro atoms. The van der Waals surface area contributed by atoms with E-state index in [4.69, 9.17) is 9.47 Å². The Bertz CT molecular complexity index is 766. The zero-order valence-corrected chi connectivity index (χ0v) is 15.0. The Hall–Kier alpha value is -3.08. The van der Waals surface area contributed by atoms with Crippen molar-refractivity contribution in [2.75, 3.05) is 19.0 Å². The Morgan fingerprint density at radius 2 is 1.81 bits per heavy atom. The van der Waals surface area contributed by atoms with Crippen LogP contribution in [0.25, 0.3) is 0 Å². The number of carbonyl (C=O) groups is 2. The van der Waals surface area contributed by atoms with Crippen molar-refractivity contribution in [3.63, 3.8) is 0 Å². The summed E-state index contributed by atoms with van der Waals surface area (Å²) in [5.74, 6) is 0.170. The average Bonchev–Trinajstić information content (AvgIpc) is 2.68. The Morgan fingerprint density at radius 3 is 2.50 bits per heavy atom. The highest BCUT2D eigenvalue weighted by molar-refractivity contribution is 6.04. The summed E-state index contributed by atoms with van der Waals surface area (Å²) in [6, 6.07) is 14.0. The summed E-state index contributed by atoms with van der Waals surface area (Å²) < 4.78 is 10.3. The largest absolute Gasteiger partial charge is 0.494 e. The van der Waals surface area contributed by atoms with Gasteiger partial charge < -0.3 is 14.8 Å². The molecule has 0 aliphatic heterocycles. The summed E-state index contributed by atoms with van der Waals surface area (Å²) in [6.07, 6.45) is 5.01. The molecule has 0 heterocycles. The number of para-hydroxylation sites is 1. The third kappa shape index (κ3) is 5.48. The average molecular weight is 353 g/mol. The molecule has 1 N–H and O–H groups in total. The van der Waals surface area contributed by atoms with E-state index in [1.54, 1.807) is 48.5 Å². The Balaban J connectivity index is 1.96. The number of benzene rings is 2. The van der Waals surface area contributed by atoms with E-state index in [0.29, 0.717) is 23.4 Å². The number of hydrogen-bond acceptors (Lipinski definition) is 5. The molecule has 136 valence electrons. The van der Waals surface area contributed by atoms with Crippen molar-refractivity contribution in [2.45, 2.75) is 19.8 Å². The predicted molar refractivity (Wildman–Crippen MR) is 102 cm³/mol. The van der Waals surface area contributed by atoms with Crippen molar-refractivity contribution in [2.24, 2.45) is 0 Å². The fourth-order valence-electron chi connectivity index (χ4n) is 2.25. The third-order valence-corrected chi connectivity index (χ3v) is 3.71. The SMILES string of the molecule is CCCCOc1ccc(C(=O)C=CNc2ccccc2C(=O)OC)cc1. The van der Waals surface area contributed by atoms with E-state index in [9.17, 15) is 9.59 Å². The summed E-state index contributed by atoms with van der Waals surface area (Å²) in [5, 5.41) is 2.95. The highest BCUT2D eigenvalue weighted by Gasteiger charge is 2.09. The lowest BCUT2D eigenvalue weighted by Crippen LogP contribution is -2.05. The molecule has 0 aromatic heterocycles. The van der Waals surface area contributed by atoms with E-state index >= 15 is 0 Å². The molecule has 2 aromatic rings. The number of allylic oxidation sites excluding steroid dienone is 1. The van der Waals surface area contributed by atoms with E-state index in [0.717, 1.165) is 18.6 Å². The van der Waals surface area contributed by atoms with Gasteiger partial charge in [-0.25, -0.2) is 4.79 Å². The van der Waals surface area contributed by atoms with Crippen LogP contribution < -0.4 is 10.1 Å². The first-order valence-corrected chi connectivity index (χ1v) is 8.53. The Morgan fingerprint density at radius 1 is 1.08 bits per heavy atom. The number of ketones is 1. The maximum atomic E-state index is 12.2. The molecule has 0 atom stereocenters. The highest BCUT2D eigenvalue weighted by atomic mass is 16.5. The summed E-state index contributed by atoms with van der Waals surface area (Å²) >= 11 is 0. The molecule has 2 aromatic carbocycles. The monoisotopic (exact) mass is 353 g/mol. The van der Waals surface area contributed by atoms with Gasteiger partial charge in [0.25, 0.3) is 0 Å². The number of hydrogen-bond donors (Lipinski definition) is 1. The lowest BCUT2D eigenvalue weighted by molar-refractivity contribution is 0.0601. The topological polar surface area (TPSA) is 64.6 Å². The molecule has 0 amide bonds. The normalized spacial score (nSPS) is 10.5. The number of anilines is 1. The van der Waals surface area contributed by atoms with Crippen LogP contribution >= 0.6 is 0 Å². The molecule has 0 aliphatic rings. The second-order valence-corrected chi connectivity index (χ2v) is 5.61. The lowest BCUT2D eigenvalue weighted by atomic mass is 10.1. The van der Waals surface area contributed by atoms with Gasteiger partial charge in [0.2, 0.25) is 0 Å². The molecule has 0 radical (unpaired) electrons. The first-order chi connectivity index (χ1) is 12.7. The first-order valence-electron chi connectivity index (χ1n) is 8.53. The maximum absolute atomic E-state index is 12.2. The number of unbranched alkanes of at least 4 members (excludes halogenated alkanes) is 1. The van der Waals surface area contributed by atoms with Crippen molar-refractivity contribution in [3.8, 4) is 5.75 Å². The number of carbonyl (C=O) groups excluding carboxylic acids is 2. The Kier molecular flexibility index (Phi) is 7.43. The summed E-state index contributed by atoms with van der Waals surface area (Å²) in [6.45, 7) is 2.78. The minimum absolute atomic E-state index is 0.145. The summed E-state index contributed by atoms with van der Waals surface area (Å²) in [4.78, 5) is 23.9. The zero-order valence-electron chi connectivity index (χ0n) is 15.0. The minimum atomic E-state index is -0.438. The van der Waals surface area contributed by atoms with E-state index in [1.165, 1.54) is 19.4 Å².